The third-order valence-electron chi connectivity index (χ3n) is 15.6. The van der Waals surface area contributed by atoms with Crippen molar-refractivity contribution in [2.75, 3.05) is 19.6 Å². The average molecular weight is 1450 g/mol. The monoisotopic (exact) mass is 1450 g/mol. The van der Waals surface area contributed by atoms with Gasteiger partial charge in [-0.05, 0) is 98.8 Å². The molecule has 0 fully saturated rings. The molecule has 0 unspecified atom stereocenters. The van der Waals surface area contributed by atoms with Crippen molar-refractivity contribution < 1.29 is 112 Å². The summed E-state index contributed by atoms with van der Waals surface area (Å²) < 4.78 is 0. The van der Waals surface area contributed by atoms with Crippen molar-refractivity contribution in [2.24, 2.45) is 41.1 Å². The molecule has 102 heavy (non-hydrogen) atoms. The number of benzene rings is 1. The van der Waals surface area contributed by atoms with Gasteiger partial charge >= 0.3 is 29.8 Å². The zero-order valence-corrected chi connectivity index (χ0v) is 59.1. The molecule has 572 valence electrons. The summed E-state index contributed by atoms with van der Waals surface area (Å²) in [4.78, 5) is 224. The molecule has 0 heterocycles. The normalized spacial score (nSPS) is 14.7. The molecule has 0 bridgehead atoms. The highest BCUT2D eigenvalue weighted by atomic mass is 16.4. The molecule has 0 aliphatic rings. The number of unbranched alkanes of at least 4 members (excludes halogenated alkanes) is 1. The van der Waals surface area contributed by atoms with Crippen LogP contribution in [0, 0.1) is 29.6 Å². The lowest BCUT2D eigenvalue weighted by molar-refractivity contribution is -0.143. The number of hydrogen-bond acceptors (Lipinski definition) is 20. The van der Waals surface area contributed by atoms with E-state index in [4.69, 9.17) is 16.6 Å². The molecule has 0 saturated carbocycles. The number of carboxylic acids is 5. The smallest absolute Gasteiger partial charge is 0.326 e. The number of carbonyl (C=O) groups is 17. The summed E-state index contributed by atoms with van der Waals surface area (Å²) in [5, 5.41) is 86.5. The van der Waals surface area contributed by atoms with Crippen molar-refractivity contribution in [2.45, 2.75) is 219 Å². The van der Waals surface area contributed by atoms with E-state index in [0.717, 1.165) is 0 Å². The number of carbonyl (C=O) groups excluding carboxylic acids is 12. The van der Waals surface area contributed by atoms with Crippen LogP contribution in [0.25, 0.3) is 0 Å². The summed E-state index contributed by atoms with van der Waals surface area (Å²) in [6, 6.07) is -12.5. The minimum atomic E-state index is -1.98. The first-order valence-corrected chi connectivity index (χ1v) is 33.5. The first-order valence-electron chi connectivity index (χ1n) is 33.5. The zero-order chi connectivity index (χ0) is 77.8. The van der Waals surface area contributed by atoms with Gasteiger partial charge in [0.05, 0.1) is 38.4 Å². The van der Waals surface area contributed by atoms with Gasteiger partial charge in [0.1, 0.15) is 66.2 Å². The van der Waals surface area contributed by atoms with E-state index in [1.807, 2.05) is 0 Å². The van der Waals surface area contributed by atoms with E-state index in [2.05, 4.69) is 63.8 Å². The minimum absolute atomic E-state index is 0.105. The van der Waals surface area contributed by atoms with E-state index in [1.165, 1.54) is 38.1 Å². The van der Waals surface area contributed by atoms with Gasteiger partial charge in [-0.1, -0.05) is 87.8 Å². The maximum Gasteiger partial charge on any atom is 0.326 e. The summed E-state index contributed by atoms with van der Waals surface area (Å²) >= 11 is 0. The molecule has 12 atom stereocenters. The maximum absolute atomic E-state index is 14.5. The predicted octanol–water partition coefficient (Wildman–Crippen LogP) is -3.31. The number of amides is 12. The lowest BCUT2D eigenvalue weighted by Gasteiger charge is -2.29. The van der Waals surface area contributed by atoms with Crippen LogP contribution in [0.3, 0.4) is 0 Å². The lowest BCUT2D eigenvalue weighted by atomic mass is 9.98. The van der Waals surface area contributed by atoms with E-state index < -0.39 is 236 Å². The van der Waals surface area contributed by atoms with Gasteiger partial charge in [-0.15, -0.1) is 0 Å². The molecule has 0 spiro atoms. The quantitative estimate of drug-likeness (QED) is 0.0284. The van der Waals surface area contributed by atoms with E-state index in [9.17, 15) is 107 Å². The fourth-order valence-electron chi connectivity index (χ4n) is 9.94. The number of phenols is 1. The summed E-state index contributed by atoms with van der Waals surface area (Å²) in [5.74, 6) is -22.6. The molecule has 1 rings (SSSR count). The number of nitrogens with one attached hydrogen (secondary N) is 12. The van der Waals surface area contributed by atoms with Gasteiger partial charge in [0.25, 0.3) is 0 Å². The summed E-state index contributed by atoms with van der Waals surface area (Å²) in [5.41, 5.74) is 11.8. The van der Waals surface area contributed by atoms with Gasteiger partial charge in [-0.3, -0.25) is 76.7 Å². The Morgan fingerprint density at radius 2 is 0.794 bits per heavy atom. The Kier molecular flexibility index (Phi) is 40.2. The van der Waals surface area contributed by atoms with Gasteiger partial charge in [0.15, 0.2) is 0 Å². The molecule has 37 heteroatoms. The Labute approximate surface area is 590 Å². The van der Waals surface area contributed by atoms with E-state index in [-0.39, 0.29) is 63.2 Å². The Morgan fingerprint density at radius 1 is 0.402 bits per heavy atom. The number of phenolic OH excluding ortho intramolecular Hbond substituents is 1. The summed E-state index contributed by atoms with van der Waals surface area (Å²) in [6.45, 7) is 14.9. The maximum atomic E-state index is 14.5. The van der Waals surface area contributed by atoms with Crippen LogP contribution >= 0.6 is 0 Å². The first kappa shape index (κ1) is 89.9. The fraction of sp³-hybridized carbons (Fsp3) is 0.646. The van der Waals surface area contributed by atoms with Gasteiger partial charge in [0, 0.05) is 12.8 Å². The third kappa shape index (κ3) is 35.3. The standard InChI is InChI=1S/C65H104N14O23/c1-11-35(10)54(65(101)102)78-48(82)30-68-47(81)29-69-56(92)40(19-20-49(83)84)71-59(95)42(23-32(4)5)73-62(98)45(27-51(87)88)75-57(93)39(14-12-13-21-66)70-58(94)41(22-31(2)3)72-60(96)43(24-33(6)7)74-63(99)46(28-52(89)90)76-61(97)44(25-36-15-17-37(80)18-16-36)77-64(100)53(34(8)9)79-55(91)38(67)26-50(85)86/h15-18,31-35,38-46,53-54,80H,11-14,19-30,66-67H2,1-10H3,(H,68,81)(H,69,92)(H,70,94)(H,71,95)(H,72,96)(H,73,98)(H,74,99)(H,75,93)(H,76,97)(H,77,100)(H,78,82)(H,79,91)(H,83,84)(H,85,86)(H,87,88)(H,89,90)(H,101,102)/t35-,38-,39-,40-,41-,42-,43-,44-,45-,46-,53-,54-/m0/s1. The number of aromatic hydroxyl groups is 1. The number of rotatable bonds is 49. The van der Waals surface area contributed by atoms with Crippen LogP contribution < -0.4 is 75.3 Å². The Balaban J connectivity index is 3.60. The fourth-order valence-corrected chi connectivity index (χ4v) is 9.94. The average Bonchev–Trinajstić information content (AvgIpc) is 0.849. The number of aliphatic carboxylic acids is 5. The number of nitrogens with two attached hydrogens (primary N) is 2. The van der Waals surface area contributed by atoms with Gasteiger partial charge in [0.2, 0.25) is 70.9 Å². The molecular weight excluding hydrogens is 1340 g/mol. The Hall–Kier alpha value is -10.1. The Morgan fingerprint density at radius 3 is 1.20 bits per heavy atom. The van der Waals surface area contributed by atoms with Crippen LogP contribution in [0.5, 0.6) is 5.75 Å². The van der Waals surface area contributed by atoms with Gasteiger partial charge in [-0.2, -0.15) is 0 Å². The second-order valence-corrected chi connectivity index (χ2v) is 26.4. The van der Waals surface area contributed by atoms with Crippen LogP contribution in [-0.2, 0) is 87.9 Å². The first-order chi connectivity index (χ1) is 47.6. The van der Waals surface area contributed by atoms with Crippen molar-refractivity contribution in [3.63, 3.8) is 0 Å². The molecule has 12 amide bonds. The van der Waals surface area contributed by atoms with Crippen LogP contribution in [0.15, 0.2) is 24.3 Å². The van der Waals surface area contributed by atoms with E-state index >= 15 is 0 Å². The highest BCUT2D eigenvalue weighted by Gasteiger charge is 2.38. The largest absolute Gasteiger partial charge is 0.508 e. The van der Waals surface area contributed by atoms with Crippen LogP contribution in [0.1, 0.15) is 152 Å². The molecule has 0 aliphatic heterocycles. The second-order valence-electron chi connectivity index (χ2n) is 26.4. The summed E-state index contributed by atoms with van der Waals surface area (Å²) in [7, 11) is 0. The lowest BCUT2D eigenvalue weighted by Crippen LogP contribution is -2.61. The topological polar surface area (TPSA) is 608 Å². The second kappa shape index (κ2) is 45.6. The van der Waals surface area contributed by atoms with Gasteiger partial charge in [-0.25, -0.2) is 4.79 Å². The molecule has 0 saturated heterocycles. The van der Waals surface area contributed by atoms with Crippen molar-refractivity contribution in [3.8, 4) is 5.75 Å². The van der Waals surface area contributed by atoms with Crippen LogP contribution in [0.4, 0.5) is 0 Å². The SMILES string of the molecule is CC[C@H](C)[C@H](NC(=O)CNC(=O)CNC(=O)[C@H](CCC(=O)O)NC(=O)[C@H](CC(C)C)NC(=O)[C@H](CC(=O)O)NC(=O)[C@H](CCCCN)NC(=O)[C@H](CC(C)C)NC(=O)[C@H](CC(C)C)NC(=O)[C@H](CC(=O)O)NC(=O)[C@H](Cc1ccc(O)cc1)NC(=O)[C@@H](NC(=O)[C@@H](N)CC(=O)O)C(C)C)C(=O)O. The highest BCUT2D eigenvalue weighted by Crippen LogP contribution is 2.16. The molecular formula is C65H104N14O23. The zero-order valence-electron chi connectivity index (χ0n) is 59.1. The van der Waals surface area contributed by atoms with Gasteiger partial charge < -0.3 is 106 Å². The molecule has 22 N–H and O–H groups in total. The van der Waals surface area contributed by atoms with Crippen molar-refractivity contribution in [1.29, 1.82) is 0 Å². The molecule has 1 aromatic carbocycles. The molecule has 0 aliphatic carbocycles. The Bertz CT molecular complexity index is 3080. The van der Waals surface area contributed by atoms with Crippen molar-refractivity contribution in [1.82, 2.24) is 63.8 Å². The van der Waals surface area contributed by atoms with E-state index in [0.29, 0.717) is 12.0 Å². The number of hydrogen-bond donors (Lipinski definition) is 20. The minimum Gasteiger partial charge on any atom is -0.508 e. The molecule has 0 aromatic heterocycles. The molecule has 37 nitrogen and oxygen atoms in total. The highest BCUT2D eigenvalue weighted by molar-refractivity contribution is 6.00. The number of carboxylic acid groups (broad SMARTS) is 5. The van der Waals surface area contributed by atoms with Crippen molar-refractivity contribution >= 4 is 101 Å². The van der Waals surface area contributed by atoms with Crippen LogP contribution in [-0.4, -0.2) is 217 Å². The molecule has 1 aromatic rings. The summed E-state index contributed by atoms with van der Waals surface area (Å²) in [6.07, 6.45) is -4.47. The predicted molar refractivity (Wildman–Crippen MR) is 362 cm³/mol. The molecule has 0 radical (unpaired) electrons. The van der Waals surface area contributed by atoms with Crippen molar-refractivity contribution in [3.05, 3.63) is 29.8 Å². The van der Waals surface area contributed by atoms with Crippen LogP contribution in [0.2, 0.25) is 0 Å². The third-order valence-corrected chi connectivity index (χ3v) is 15.6. The van der Waals surface area contributed by atoms with E-state index in [1.54, 1.807) is 55.4 Å².